The van der Waals surface area contributed by atoms with Gasteiger partial charge in [-0.05, 0) is 45.0 Å². The molecule has 22 heavy (non-hydrogen) atoms. The maximum Gasteiger partial charge on any atom is 0.128 e. The summed E-state index contributed by atoms with van der Waals surface area (Å²) < 4.78 is 1.87. The summed E-state index contributed by atoms with van der Waals surface area (Å²) in [6.45, 7) is 5.10. The lowest BCUT2D eigenvalue weighted by molar-refractivity contribution is 0.205. The van der Waals surface area contributed by atoms with Crippen molar-refractivity contribution in [2.75, 3.05) is 25.0 Å². The molecule has 2 aromatic heterocycles. The standard InChI is InChI=1S/C17H25N5/c1-14-6-4-8-17(18-14)22-10-5-7-16(13-22)20(2)12-15-9-11-21(3)19-15/h4,6,8-9,11,16H,5,7,10,12-13H2,1-3H3. The van der Waals surface area contributed by atoms with Gasteiger partial charge in [-0.2, -0.15) is 5.10 Å². The van der Waals surface area contributed by atoms with Gasteiger partial charge in [0, 0.05) is 44.6 Å². The van der Waals surface area contributed by atoms with Crippen molar-refractivity contribution < 1.29 is 0 Å². The van der Waals surface area contributed by atoms with Gasteiger partial charge in [-0.25, -0.2) is 4.98 Å². The van der Waals surface area contributed by atoms with Gasteiger partial charge >= 0.3 is 0 Å². The quantitative estimate of drug-likeness (QED) is 0.867. The molecule has 1 fully saturated rings. The van der Waals surface area contributed by atoms with Gasteiger partial charge in [-0.3, -0.25) is 9.58 Å². The van der Waals surface area contributed by atoms with Gasteiger partial charge in [-0.15, -0.1) is 0 Å². The lowest BCUT2D eigenvalue weighted by Crippen LogP contribution is -2.46. The third kappa shape index (κ3) is 3.47. The van der Waals surface area contributed by atoms with Gasteiger partial charge in [0.05, 0.1) is 5.69 Å². The van der Waals surface area contributed by atoms with Crippen LogP contribution >= 0.6 is 0 Å². The van der Waals surface area contributed by atoms with Gasteiger partial charge < -0.3 is 4.90 Å². The summed E-state index contributed by atoms with van der Waals surface area (Å²) >= 11 is 0. The van der Waals surface area contributed by atoms with E-state index in [0.29, 0.717) is 6.04 Å². The Kier molecular flexibility index (Phi) is 4.43. The van der Waals surface area contributed by atoms with Crippen LogP contribution in [0.25, 0.3) is 0 Å². The van der Waals surface area contributed by atoms with Crippen LogP contribution in [0.3, 0.4) is 0 Å². The number of aryl methyl sites for hydroxylation is 2. The molecule has 1 aliphatic rings. The van der Waals surface area contributed by atoms with Crippen molar-refractivity contribution in [2.45, 2.75) is 32.4 Å². The van der Waals surface area contributed by atoms with Crippen LogP contribution in [0.15, 0.2) is 30.5 Å². The molecule has 0 spiro atoms. The van der Waals surface area contributed by atoms with Crippen molar-refractivity contribution >= 4 is 5.82 Å². The molecule has 0 radical (unpaired) electrons. The molecule has 5 nitrogen and oxygen atoms in total. The molecule has 1 atom stereocenters. The van der Waals surface area contributed by atoms with Crippen LogP contribution in [0.4, 0.5) is 5.82 Å². The molecular formula is C17H25N5. The van der Waals surface area contributed by atoms with E-state index in [2.05, 4.69) is 58.1 Å². The number of pyridine rings is 1. The van der Waals surface area contributed by atoms with Crippen LogP contribution in [0.2, 0.25) is 0 Å². The maximum atomic E-state index is 4.67. The average Bonchev–Trinajstić information content (AvgIpc) is 2.92. The Morgan fingerprint density at radius 2 is 2.18 bits per heavy atom. The lowest BCUT2D eigenvalue weighted by atomic mass is 10.0. The van der Waals surface area contributed by atoms with Crippen LogP contribution in [0, 0.1) is 6.92 Å². The van der Waals surface area contributed by atoms with Gasteiger partial charge in [0.1, 0.15) is 5.82 Å². The number of piperidine rings is 1. The second kappa shape index (κ2) is 6.48. The summed E-state index contributed by atoms with van der Waals surface area (Å²) in [4.78, 5) is 9.50. The predicted octanol–water partition coefficient (Wildman–Crippen LogP) is 2.22. The molecule has 118 valence electrons. The summed E-state index contributed by atoms with van der Waals surface area (Å²) in [5, 5.41) is 4.48. The van der Waals surface area contributed by atoms with Crippen LogP contribution in [0.1, 0.15) is 24.2 Å². The third-order valence-corrected chi connectivity index (χ3v) is 4.40. The Balaban J connectivity index is 1.64. The van der Waals surface area contributed by atoms with E-state index in [1.54, 1.807) is 0 Å². The maximum absolute atomic E-state index is 4.67. The molecule has 3 heterocycles. The highest BCUT2D eigenvalue weighted by atomic mass is 15.3. The number of nitrogens with zero attached hydrogens (tertiary/aromatic N) is 5. The van der Waals surface area contributed by atoms with E-state index in [1.165, 1.54) is 12.8 Å². The fourth-order valence-corrected chi connectivity index (χ4v) is 3.16. The molecule has 0 amide bonds. The van der Waals surface area contributed by atoms with Crippen molar-refractivity contribution in [3.05, 3.63) is 41.9 Å². The number of anilines is 1. The van der Waals surface area contributed by atoms with Crippen molar-refractivity contribution in [1.82, 2.24) is 19.7 Å². The number of rotatable bonds is 4. The number of aromatic nitrogens is 3. The summed E-state index contributed by atoms with van der Waals surface area (Å²) in [6, 6.07) is 8.92. The predicted molar refractivity (Wildman–Crippen MR) is 88.9 cm³/mol. The largest absolute Gasteiger partial charge is 0.355 e. The molecule has 1 unspecified atom stereocenters. The van der Waals surface area contributed by atoms with E-state index >= 15 is 0 Å². The first-order chi connectivity index (χ1) is 10.6. The van der Waals surface area contributed by atoms with E-state index in [9.17, 15) is 0 Å². The summed E-state index contributed by atoms with van der Waals surface area (Å²) in [5.74, 6) is 1.11. The Hall–Kier alpha value is -1.88. The zero-order chi connectivity index (χ0) is 15.5. The second-order valence-corrected chi connectivity index (χ2v) is 6.28. The normalized spacial score (nSPS) is 18.9. The molecule has 1 aliphatic heterocycles. The first-order valence-electron chi connectivity index (χ1n) is 7.99. The third-order valence-electron chi connectivity index (χ3n) is 4.40. The van der Waals surface area contributed by atoms with Crippen molar-refractivity contribution in [2.24, 2.45) is 7.05 Å². The minimum Gasteiger partial charge on any atom is -0.355 e. The second-order valence-electron chi connectivity index (χ2n) is 6.28. The fourth-order valence-electron chi connectivity index (χ4n) is 3.16. The van der Waals surface area contributed by atoms with E-state index in [1.807, 2.05) is 17.9 Å². The molecule has 0 bridgehead atoms. The van der Waals surface area contributed by atoms with Crippen molar-refractivity contribution in [3.63, 3.8) is 0 Å². The monoisotopic (exact) mass is 299 g/mol. The van der Waals surface area contributed by atoms with Crippen molar-refractivity contribution in [3.8, 4) is 0 Å². The first kappa shape index (κ1) is 15.0. The minimum absolute atomic E-state index is 0.554. The van der Waals surface area contributed by atoms with Crippen molar-refractivity contribution in [1.29, 1.82) is 0 Å². The average molecular weight is 299 g/mol. The first-order valence-corrected chi connectivity index (χ1v) is 7.99. The molecule has 2 aromatic rings. The van der Waals surface area contributed by atoms with E-state index in [-0.39, 0.29) is 0 Å². The van der Waals surface area contributed by atoms with Crippen LogP contribution in [-0.2, 0) is 13.6 Å². The van der Waals surface area contributed by atoms with Gasteiger partial charge in [0.2, 0.25) is 0 Å². The summed E-state index contributed by atoms with van der Waals surface area (Å²) in [5.41, 5.74) is 2.22. The highest BCUT2D eigenvalue weighted by molar-refractivity contribution is 5.40. The molecule has 0 saturated carbocycles. The van der Waals surface area contributed by atoms with E-state index < -0.39 is 0 Å². The number of likely N-dealkylation sites (N-methyl/N-ethyl adjacent to an activating group) is 1. The zero-order valence-corrected chi connectivity index (χ0v) is 13.7. The molecule has 0 aliphatic carbocycles. The minimum atomic E-state index is 0.554. The molecule has 1 saturated heterocycles. The Morgan fingerprint density at radius 1 is 1.32 bits per heavy atom. The van der Waals surface area contributed by atoms with Crippen LogP contribution in [0.5, 0.6) is 0 Å². The summed E-state index contributed by atoms with van der Waals surface area (Å²) in [7, 11) is 4.17. The fraction of sp³-hybridized carbons (Fsp3) is 0.529. The SMILES string of the molecule is Cc1cccc(N2CCCC(N(C)Cc3ccn(C)n3)C2)n1. The zero-order valence-electron chi connectivity index (χ0n) is 13.7. The molecule has 3 rings (SSSR count). The van der Waals surface area contributed by atoms with Crippen LogP contribution in [-0.4, -0.2) is 45.8 Å². The van der Waals surface area contributed by atoms with Gasteiger partial charge in [0.25, 0.3) is 0 Å². The highest BCUT2D eigenvalue weighted by Crippen LogP contribution is 2.21. The topological polar surface area (TPSA) is 37.2 Å². The lowest BCUT2D eigenvalue weighted by Gasteiger charge is -2.38. The molecule has 0 N–H and O–H groups in total. The van der Waals surface area contributed by atoms with E-state index in [4.69, 9.17) is 0 Å². The molecule has 5 heteroatoms. The summed E-state index contributed by atoms with van der Waals surface area (Å²) in [6.07, 6.45) is 4.46. The Labute approximate surface area is 132 Å². The Morgan fingerprint density at radius 3 is 2.91 bits per heavy atom. The number of hydrogen-bond donors (Lipinski definition) is 0. The van der Waals surface area contributed by atoms with E-state index in [0.717, 1.165) is 36.8 Å². The van der Waals surface area contributed by atoms with Crippen LogP contribution < -0.4 is 4.90 Å². The molecular weight excluding hydrogens is 274 g/mol. The number of hydrogen-bond acceptors (Lipinski definition) is 4. The van der Waals surface area contributed by atoms with Gasteiger partial charge in [0.15, 0.2) is 0 Å². The highest BCUT2D eigenvalue weighted by Gasteiger charge is 2.24. The van der Waals surface area contributed by atoms with Gasteiger partial charge in [-0.1, -0.05) is 6.07 Å². The Bertz CT molecular complexity index is 621. The smallest absolute Gasteiger partial charge is 0.128 e. The molecule has 0 aromatic carbocycles.